The highest BCUT2D eigenvalue weighted by atomic mass is 16.7. The number of rotatable bonds is 11. The second-order valence-electron chi connectivity index (χ2n) is 9.52. The maximum absolute atomic E-state index is 14.1. The van der Waals surface area contributed by atoms with Crippen molar-refractivity contribution in [1.29, 1.82) is 5.41 Å². The third-order valence-electron chi connectivity index (χ3n) is 6.97. The molecular weight excluding hydrogens is 512 g/mol. The average molecular weight is 547 g/mol. The van der Waals surface area contributed by atoms with Gasteiger partial charge in [0.05, 0.1) is 7.11 Å². The Morgan fingerprint density at radius 3 is 2.54 bits per heavy atom. The number of hydrogen-bond donors (Lipinski definition) is 6. The van der Waals surface area contributed by atoms with Gasteiger partial charge in [-0.3, -0.25) is 29.4 Å². The maximum atomic E-state index is 14.1. The van der Waals surface area contributed by atoms with Gasteiger partial charge in [-0.15, -0.1) is 0 Å². The summed E-state index contributed by atoms with van der Waals surface area (Å²) in [5, 5.41) is 32.4. The van der Waals surface area contributed by atoms with Crippen molar-refractivity contribution in [2.75, 3.05) is 20.2 Å². The lowest BCUT2D eigenvalue weighted by Crippen LogP contribution is -2.69. The van der Waals surface area contributed by atoms with E-state index in [-0.39, 0.29) is 63.3 Å². The molecule has 3 rings (SSSR count). The molecule has 1 aromatic carbocycles. The van der Waals surface area contributed by atoms with Gasteiger partial charge in [0.15, 0.2) is 11.7 Å². The van der Waals surface area contributed by atoms with E-state index in [1.54, 1.807) is 12.1 Å². The van der Waals surface area contributed by atoms with E-state index in [4.69, 9.17) is 16.0 Å². The lowest BCUT2D eigenvalue weighted by molar-refractivity contribution is -0.220. The quantitative estimate of drug-likeness (QED) is 0.0883. The summed E-state index contributed by atoms with van der Waals surface area (Å²) in [6.45, 7) is 0.282. The number of piperidine rings is 1. The molecule has 3 atom stereocenters. The van der Waals surface area contributed by atoms with Crippen LogP contribution in [-0.4, -0.2) is 93.4 Å². The molecule has 3 amide bonds. The SMILES string of the molecule is CON1C(=O)CCC(=O)[C@]1(CCCNC(=N)N)C(=O)N1CCC[C@H]1C(=O)N[C@@H](Cc1ccc(O)cc1)C(=O)O. The number of aromatic hydroxyl groups is 1. The molecule has 0 aliphatic carbocycles. The monoisotopic (exact) mass is 546 g/mol. The van der Waals surface area contributed by atoms with Crippen molar-refractivity contribution >= 4 is 35.4 Å². The molecule has 0 saturated carbocycles. The van der Waals surface area contributed by atoms with E-state index >= 15 is 0 Å². The molecule has 1 aromatic rings. The zero-order valence-electron chi connectivity index (χ0n) is 21.6. The predicted octanol–water partition coefficient (Wildman–Crippen LogP) is -0.750. The largest absolute Gasteiger partial charge is 0.508 e. The molecule has 2 aliphatic heterocycles. The Hall–Kier alpha value is -4.20. The second-order valence-corrected chi connectivity index (χ2v) is 9.52. The Bertz CT molecular complexity index is 1130. The maximum Gasteiger partial charge on any atom is 0.326 e. The number of benzene rings is 1. The lowest BCUT2D eigenvalue weighted by atomic mass is 9.81. The zero-order chi connectivity index (χ0) is 28.7. The number of amides is 3. The number of ketones is 1. The van der Waals surface area contributed by atoms with Crippen molar-refractivity contribution in [3.8, 4) is 5.75 Å². The Morgan fingerprint density at radius 1 is 1.23 bits per heavy atom. The van der Waals surface area contributed by atoms with Gasteiger partial charge < -0.3 is 31.5 Å². The number of nitrogens with two attached hydrogens (primary N) is 1. The summed E-state index contributed by atoms with van der Waals surface area (Å²) in [5.41, 5.74) is 3.88. The van der Waals surface area contributed by atoms with Crippen molar-refractivity contribution in [3.05, 3.63) is 29.8 Å². The lowest BCUT2D eigenvalue weighted by Gasteiger charge is -2.44. The number of aliphatic carboxylic acids is 1. The molecule has 14 nitrogen and oxygen atoms in total. The first-order valence-corrected chi connectivity index (χ1v) is 12.6. The first kappa shape index (κ1) is 29.4. The van der Waals surface area contributed by atoms with Gasteiger partial charge in [-0.25, -0.2) is 4.79 Å². The molecule has 14 heteroatoms. The predicted molar refractivity (Wildman–Crippen MR) is 136 cm³/mol. The number of likely N-dealkylation sites (tertiary alicyclic amines) is 1. The minimum atomic E-state index is -2.01. The van der Waals surface area contributed by atoms with Crippen molar-refractivity contribution < 1.29 is 39.0 Å². The van der Waals surface area contributed by atoms with E-state index in [9.17, 15) is 34.2 Å². The number of phenolic OH excluding ortho intramolecular Hbond substituents is 1. The molecule has 2 fully saturated rings. The first-order chi connectivity index (χ1) is 18.5. The number of nitrogens with zero attached hydrogens (tertiary/aromatic N) is 2. The highest BCUT2D eigenvalue weighted by Gasteiger charge is 2.58. The van der Waals surface area contributed by atoms with Crippen LogP contribution in [0.4, 0.5) is 0 Å². The second kappa shape index (κ2) is 12.6. The van der Waals surface area contributed by atoms with Gasteiger partial charge in [0, 0.05) is 32.4 Å². The van der Waals surface area contributed by atoms with Gasteiger partial charge in [-0.1, -0.05) is 12.1 Å². The minimum absolute atomic E-state index is 0.0154. The van der Waals surface area contributed by atoms with Gasteiger partial charge in [-0.2, -0.15) is 5.06 Å². The fraction of sp³-hybridized carbons (Fsp3) is 0.520. The van der Waals surface area contributed by atoms with Gasteiger partial charge in [0.2, 0.25) is 17.4 Å². The van der Waals surface area contributed by atoms with Crippen LogP contribution in [0.25, 0.3) is 0 Å². The summed E-state index contributed by atoms with van der Waals surface area (Å²) < 4.78 is 0. The third-order valence-corrected chi connectivity index (χ3v) is 6.97. The Kier molecular flexibility index (Phi) is 9.46. The Morgan fingerprint density at radius 2 is 1.92 bits per heavy atom. The number of hydroxylamine groups is 2. The summed E-state index contributed by atoms with van der Waals surface area (Å²) in [5.74, 6) is -4.10. The van der Waals surface area contributed by atoms with E-state index in [0.29, 0.717) is 12.0 Å². The van der Waals surface area contributed by atoms with Crippen LogP contribution in [0.2, 0.25) is 0 Å². The van der Waals surface area contributed by atoms with Crippen LogP contribution in [0.1, 0.15) is 44.1 Å². The summed E-state index contributed by atoms with van der Waals surface area (Å²) >= 11 is 0. The summed E-state index contributed by atoms with van der Waals surface area (Å²) in [7, 11) is 1.18. The third kappa shape index (κ3) is 6.45. The number of carbonyl (C=O) groups is 5. The molecule has 2 saturated heterocycles. The van der Waals surface area contributed by atoms with Gasteiger partial charge in [-0.05, 0) is 43.4 Å². The number of guanidine groups is 1. The van der Waals surface area contributed by atoms with E-state index < -0.39 is 47.1 Å². The molecule has 0 spiro atoms. The molecule has 7 N–H and O–H groups in total. The first-order valence-electron chi connectivity index (χ1n) is 12.6. The van der Waals surface area contributed by atoms with E-state index in [1.807, 2.05) is 0 Å². The number of carboxylic acids is 1. The highest BCUT2D eigenvalue weighted by molar-refractivity contribution is 6.15. The van der Waals surface area contributed by atoms with Crippen molar-refractivity contribution in [3.63, 3.8) is 0 Å². The fourth-order valence-electron chi connectivity index (χ4n) is 5.09. The molecule has 0 radical (unpaired) electrons. The van der Waals surface area contributed by atoms with Crippen molar-refractivity contribution in [1.82, 2.24) is 20.6 Å². The molecule has 39 heavy (non-hydrogen) atoms. The number of Topliss-reactive ketones (excluding diaryl/α,β-unsaturated/α-hetero) is 1. The number of hydrogen-bond acceptors (Lipinski definition) is 8. The summed E-state index contributed by atoms with van der Waals surface area (Å²) in [4.78, 5) is 71.8. The average Bonchev–Trinajstić information content (AvgIpc) is 3.39. The Balaban J connectivity index is 1.84. The normalized spacial score (nSPS) is 21.9. The Labute approximate surface area is 224 Å². The molecule has 212 valence electrons. The van der Waals surface area contributed by atoms with E-state index in [2.05, 4.69) is 10.6 Å². The van der Waals surface area contributed by atoms with Crippen LogP contribution in [0.15, 0.2) is 24.3 Å². The minimum Gasteiger partial charge on any atom is -0.508 e. The van der Waals surface area contributed by atoms with E-state index in [0.717, 1.165) is 5.06 Å². The van der Waals surface area contributed by atoms with Crippen LogP contribution in [0.3, 0.4) is 0 Å². The zero-order valence-corrected chi connectivity index (χ0v) is 21.6. The van der Waals surface area contributed by atoms with Crippen molar-refractivity contribution in [2.45, 2.75) is 62.6 Å². The molecule has 0 bridgehead atoms. The van der Waals surface area contributed by atoms with Crippen molar-refractivity contribution in [2.24, 2.45) is 5.73 Å². The van der Waals surface area contributed by atoms with Gasteiger partial charge in [0.25, 0.3) is 5.91 Å². The highest BCUT2D eigenvalue weighted by Crippen LogP contribution is 2.35. The topological polar surface area (TPSA) is 215 Å². The number of nitrogens with one attached hydrogen (secondary N) is 3. The van der Waals surface area contributed by atoms with Gasteiger partial charge in [0.1, 0.15) is 17.8 Å². The smallest absolute Gasteiger partial charge is 0.326 e. The summed E-state index contributed by atoms with van der Waals surface area (Å²) in [6.07, 6.45) is 0.352. The molecule has 2 heterocycles. The van der Waals surface area contributed by atoms with Crippen LogP contribution in [0.5, 0.6) is 5.75 Å². The number of carbonyl (C=O) groups excluding carboxylic acids is 4. The van der Waals surface area contributed by atoms with E-state index in [1.165, 1.54) is 24.1 Å². The molecule has 2 aliphatic rings. The number of phenols is 1. The fourth-order valence-corrected chi connectivity index (χ4v) is 5.09. The number of carboxylic acid groups (broad SMARTS) is 1. The van der Waals surface area contributed by atoms with Crippen LogP contribution < -0.4 is 16.4 Å². The molecule has 0 aromatic heterocycles. The molecular formula is C25H34N6O8. The van der Waals surface area contributed by atoms with Crippen LogP contribution >= 0.6 is 0 Å². The van der Waals surface area contributed by atoms with Crippen LogP contribution in [-0.2, 0) is 35.2 Å². The standard InChI is InChI=1S/C25H34N6O8/c1-39-31-20(34)10-9-19(33)25(31,11-3-12-28-24(26)27)23(38)30-13-2-4-18(30)21(35)29-17(22(36)37)14-15-5-7-16(32)8-6-15/h5-8,17-18,32H,2-4,9-14H2,1H3,(H,29,35)(H,36,37)(H4,26,27,28)/t17-,18-,25+/m0/s1. The molecule has 0 unspecified atom stereocenters. The van der Waals surface area contributed by atoms with Crippen LogP contribution in [0, 0.1) is 5.41 Å². The van der Waals surface area contributed by atoms with Gasteiger partial charge >= 0.3 is 5.97 Å². The summed E-state index contributed by atoms with van der Waals surface area (Å²) in [6, 6.07) is 3.53.